The van der Waals surface area contributed by atoms with Gasteiger partial charge in [0.15, 0.2) is 5.96 Å². The summed E-state index contributed by atoms with van der Waals surface area (Å²) in [4.78, 5) is 16.6. The minimum absolute atomic E-state index is 0.0522. The van der Waals surface area contributed by atoms with Crippen LogP contribution in [0.4, 0.5) is 5.69 Å². The summed E-state index contributed by atoms with van der Waals surface area (Å²) < 4.78 is 0.923. The van der Waals surface area contributed by atoms with E-state index in [2.05, 4.69) is 36.9 Å². The summed E-state index contributed by atoms with van der Waals surface area (Å²) in [6, 6.07) is 6.06. The van der Waals surface area contributed by atoms with Gasteiger partial charge >= 0.3 is 0 Å². The van der Waals surface area contributed by atoms with Gasteiger partial charge in [0.05, 0.1) is 6.10 Å². The molecule has 25 heavy (non-hydrogen) atoms. The van der Waals surface area contributed by atoms with Crippen molar-refractivity contribution in [1.29, 1.82) is 0 Å². The van der Waals surface area contributed by atoms with Crippen molar-refractivity contribution >= 4 is 33.5 Å². The van der Waals surface area contributed by atoms with Gasteiger partial charge in [-0.15, -0.1) is 0 Å². The van der Waals surface area contributed by atoms with Gasteiger partial charge < -0.3 is 21.1 Å². The number of amides is 1. The normalized spacial score (nSPS) is 20.9. The number of aliphatic hydroxyl groups excluding tert-OH is 1. The Morgan fingerprint density at radius 3 is 2.72 bits per heavy atom. The van der Waals surface area contributed by atoms with Gasteiger partial charge in [0.1, 0.15) is 6.54 Å². The highest BCUT2D eigenvalue weighted by Gasteiger charge is 2.20. The average Bonchev–Trinajstić information content (AvgIpc) is 2.58. The number of nitrogens with one attached hydrogen (secondary N) is 3. The fourth-order valence-electron chi connectivity index (χ4n) is 2.80. The maximum absolute atomic E-state index is 12.2. The number of aryl methyl sites for hydroxylation is 1. The smallest absolute Gasteiger partial charge is 0.246 e. The molecule has 1 fully saturated rings. The van der Waals surface area contributed by atoms with E-state index in [0.717, 1.165) is 48.0 Å². The van der Waals surface area contributed by atoms with Crippen LogP contribution >= 0.6 is 15.9 Å². The minimum atomic E-state index is -0.184. The van der Waals surface area contributed by atoms with Crippen LogP contribution in [-0.4, -0.2) is 42.2 Å². The molecule has 0 unspecified atom stereocenters. The molecule has 0 aromatic heterocycles. The Labute approximate surface area is 157 Å². The first kappa shape index (κ1) is 19.7. The molecule has 1 aromatic rings. The first-order valence-electron chi connectivity index (χ1n) is 8.77. The number of halogens is 1. The predicted molar refractivity (Wildman–Crippen MR) is 105 cm³/mol. The average molecular weight is 411 g/mol. The van der Waals surface area contributed by atoms with Crippen LogP contribution in [0.2, 0.25) is 0 Å². The lowest BCUT2D eigenvalue weighted by Crippen LogP contribution is -2.45. The summed E-state index contributed by atoms with van der Waals surface area (Å²) in [6.45, 7) is 4.73. The van der Waals surface area contributed by atoms with Gasteiger partial charge in [-0.3, -0.25) is 4.79 Å². The van der Waals surface area contributed by atoms with Crippen molar-refractivity contribution in [3.05, 3.63) is 28.2 Å². The highest BCUT2D eigenvalue weighted by atomic mass is 79.9. The molecule has 1 aliphatic carbocycles. The van der Waals surface area contributed by atoms with E-state index in [4.69, 9.17) is 0 Å². The molecular formula is C18H27BrN4O2. The molecule has 0 atom stereocenters. The van der Waals surface area contributed by atoms with Crippen LogP contribution in [0.25, 0.3) is 0 Å². The molecule has 138 valence electrons. The molecule has 0 saturated heterocycles. The second kappa shape index (κ2) is 9.77. The van der Waals surface area contributed by atoms with Crippen molar-refractivity contribution < 1.29 is 9.90 Å². The Balaban J connectivity index is 1.91. The van der Waals surface area contributed by atoms with E-state index in [0.29, 0.717) is 5.96 Å². The summed E-state index contributed by atoms with van der Waals surface area (Å²) in [6.07, 6.45) is 3.25. The lowest BCUT2D eigenvalue weighted by molar-refractivity contribution is -0.114. The number of carbonyl (C=O) groups excluding carboxylic acids is 1. The van der Waals surface area contributed by atoms with Gasteiger partial charge in [-0.2, -0.15) is 0 Å². The molecule has 1 amide bonds. The van der Waals surface area contributed by atoms with Crippen molar-refractivity contribution in [2.45, 2.75) is 51.7 Å². The molecule has 6 nitrogen and oxygen atoms in total. The van der Waals surface area contributed by atoms with E-state index in [1.807, 2.05) is 32.0 Å². The molecule has 0 spiro atoms. The Hall–Kier alpha value is -1.60. The number of nitrogens with zero attached hydrogens (tertiary/aromatic N) is 1. The van der Waals surface area contributed by atoms with Gasteiger partial charge in [-0.1, -0.05) is 22.0 Å². The number of aliphatic imine (C=N–C) groups is 1. The molecule has 0 aliphatic heterocycles. The standard InChI is InChI=1S/C18H27BrN4O2/c1-3-20-18(22-14-6-8-15(24)9-7-14)21-11-17(25)23-16-10-13(19)5-4-12(16)2/h4-5,10,14-15,24H,3,6-9,11H2,1-2H3,(H,23,25)(H2,20,21,22). The van der Waals surface area contributed by atoms with E-state index in [9.17, 15) is 9.90 Å². The summed E-state index contributed by atoms with van der Waals surface area (Å²) in [5.41, 5.74) is 1.79. The second-order valence-corrected chi connectivity index (χ2v) is 7.27. The SMILES string of the molecule is CCNC(=NCC(=O)Nc1cc(Br)ccc1C)NC1CCC(O)CC1. The van der Waals surface area contributed by atoms with Crippen LogP contribution in [0.1, 0.15) is 38.2 Å². The summed E-state index contributed by atoms with van der Waals surface area (Å²) in [7, 11) is 0. The third-order valence-electron chi connectivity index (χ3n) is 4.24. The van der Waals surface area contributed by atoms with Crippen LogP contribution in [0, 0.1) is 6.92 Å². The van der Waals surface area contributed by atoms with Crippen LogP contribution in [-0.2, 0) is 4.79 Å². The van der Waals surface area contributed by atoms with Gasteiger partial charge in [0.2, 0.25) is 5.91 Å². The number of hydrogen-bond donors (Lipinski definition) is 4. The summed E-state index contributed by atoms with van der Waals surface area (Å²) in [5, 5.41) is 19.0. The largest absolute Gasteiger partial charge is 0.393 e. The lowest BCUT2D eigenvalue weighted by Gasteiger charge is -2.27. The van der Waals surface area contributed by atoms with E-state index >= 15 is 0 Å². The predicted octanol–water partition coefficient (Wildman–Crippen LogP) is 2.55. The fourth-order valence-corrected chi connectivity index (χ4v) is 3.16. The molecule has 1 saturated carbocycles. The second-order valence-electron chi connectivity index (χ2n) is 6.35. The number of rotatable bonds is 5. The fraction of sp³-hybridized carbons (Fsp3) is 0.556. The van der Waals surface area contributed by atoms with E-state index in [1.54, 1.807) is 0 Å². The molecule has 0 radical (unpaired) electrons. The summed E-state index contributed by atoms with van der Waals surface area (Å²) >= 11 is 3.41. The Bertz CT molecular complexity index is 613. The van der Waals surface area contributed by atoms with Crippen molar-refractivity contribution in [3.8, 4) is 0 Å². The molecular weight excluding hydrogens is 384 g/mol. The number of carbonyl (C=O) groups is 1. The zero-order valence-corrected chi connectivity index (χ0v) is 16.4. The number of aliphatic hydroxyl groups is 1. The van der Waals surface area contributed by atoms with Gasteiger partial charge in [0, 0.05) is 22.7 Å². The molecule has 0 bridgehead atoms. The molecule has 0 heterocycles. The third kappa shape index (κ3) is 6.66. The maximum Gasteiger partial charge on any atom is 0.246 e. The molecule has 1 aromatic carbocycles. The van der Waals surface area contributed by atoms with Crippen LogP contribution in [0.3, 0.4) is 0 Å². The highest BCUT2D eigenvalue weighted by molar-refractivity contribution is 9.10. The lowest BCUT2D eigenvalue weighted by atomic mass is 9.93. The number of anilines is 1. The zero-order valence-electron chi connectivity index (χ0n) is 14.8. The molecule has 7 heteroatoms. The van der Waals surface area contributed by atoms with Crippen molar-refractivity contribution in [2.75, 3.05) is 18.4 Å². The monoisotopic (exact) mass is 410 g/mol. The van der Waals surface area contributed by atoms with Crippen molar-refractivity contribution in [2.24, 2.45) is 4.99 Å². The topological polar surface area (TPSA) is 85.8 Å². The van der Waals surface area contributed by atoms with Crippen LogP contribution in [0.15, 0.2) is 27.7 Å². The molecule has 4 N–H and O–H groups in total. The maximum atomic E-state index is 12.2. The van der Waals surface area contributed by atoms with Crippen LogP contribution < -0.4 is 16.0 Å². The zero-order chi connectivity index (χ0) is 18.2. The summed E-state index contributed by atoms with van der Waals surface area (Å²) in [5.74, 6) is 0.488. The number of guanidine groups is 1. The third-order valence-corrected chi connectivity index (χ3v) is 4.73. The van der Waals surface area contributed by atoms with Crippen LogP contribution in [0.5, 0.6) is 0 Å². The van der Waals surface area contributed by atoms with Gasteiger partial charge in [-0.05, 0) is 57.2 Å². The highest BCUT2D eigenvalue weighted by Crippen LogP contribution is 2.20. The molecule has 2 rings (SSSR count). The molecule has 1 aliphatic rings. The van der Waals surface area contributed by atoms with Gasteiger partial charge in [-0.25, -0.2) is 4.99 Å². The van der Waals surface area contributed by atoms with E-state index in [-0.39, 0.29) is 24.6 Å². The van der Waals surface area contributed by atoms with Gasteiger partial charge in [0.25, 0.3) is 0 Å². The first-order valence-corrected chi connectivity index (χ1v) is 9.56. The number of benzene rings is 1. The van der Waals surface area contributed by atoms with Crippen molar-refractivity contribution in [3.63, 3.8) is 0 Å². The van der Waals surface area contributed by atoms with E-state index in [1.165, 1.54) is 0 Å². The quantitative estimate of drug-likeness (QED) is 0.443. The minimum Gasteiger partial charge on any atom is -0.393 e. The Morgan fingerprint density at radius 1 is 1.32 bits per heavy atom. The van der Waals surface area contributed by atoms with Crippen molar-refractivity contribution in [1.82, 2.24) is 10.6 Å². The Kier molecular flexibility index (Phi) is 7.71. The number of hydrogen-bond acceptors (Lipinski definition) is 3. The Morgan fingerprint density at radius 2 is 2.04 bits per heavy atom. The van der Waals surface area contributed by atoms with E-state index < -0.39 is 0 Å². The first-order chi connectivity index (χ1) is 12.0.